The van der Waals surface area contributed by atoms with E-state index in [1.807, 2.05) is 37.4 Å². The first-order valence-corrected chi connectivity index (χ1v) is 9.28. The number of allylic oxidation sites excluding steroid dienone is 15. The zero-order valence-electron chi connectivity index (χ0n) is 16.4. The molecule has 0 aliphatic heterocycles. The van der Waals surface area contributed by atoms with Crippen molar-refractivity contribution in [3.8, 4) is 0 Å². The summed E-state index contributed by atoms with van der Waals surface area (Å²) in [6.45, 7) is 7.55. The minimum Gasteiger partial charge on any atom is -0.388 e. The van der Waals surface area contributed by atoms with Gasteiger partial charge in [0.15, 0.2) is 0 Å². The van der Waals surface area contributed by atoms with Gasteiger partial charge in [0.1, 0.15) is 0 Å². The third kappa shape index (κ3) is 6.97. The van der Waals surface area contributed by atoms with Gasteiger partial charge < -0.3 is 5.32 Å². The average Bonchev–Trinajstić information content (AvgIpc) is 2.71. The van der Waals surface area contributed by atoms with Crippen LogP contribution in [0, 0.1) is 0 Å². The van der Waals surface area contributed by atoms with E-state index in [1.165, 1.54) is 11.1 Å². The van der Waals surface area contributed by atoms with Crippen molar-refractivity contribution in [3.63, 3.8) is 0 Å². The summed E-state index contributed by atoms with van der Waals surface area (Å²) in [6.07, 6.45) is 30.3. The van der Waals surface area contributed by atoms with Crippen LogP contribution >= 0.6 is 0 Å². The lowest BCUT2D eigenvalue weighted by atomic mass is 10.1. The molecule has 1 N–H and O–H groups in total. The third-order valence-corrected chi connectivity index (χ3v) is 4.07. The van der Waals surface area contributed by atoms with Crippen molar-refractivity contribution < 1.29 is 0 Å². The number of benzene rings is 1. The van der Waals surface area contributed by atoms with Gasteiger partial charge in [0.05, 0.1) is 0 Å². The highest BCUT2D eigenvalue weighted by Crippen LogP contribution is 2.14. The lowest BCUT2D eigenvalue weighted by Crippen LogP contribution is -2.03. The normalized spacial score (nSPS) is 21.2. The van der Waals surface area contributed by atoms with Gasteiger partial charge in [-0.05, 0) is 34.4 Å². The van der Waals surface area contributed by atoms with Crippen molar-refractivity contribution in [2.45, 2.75) is 0 Å². The van der Waals surface area contributed by atoms with Crippen LogP contribution in [0.25, 0.3) is 12.2 Å². The Hall–Kier alpha value is -3.58. The Kier molecular flexibility index (Phi) is 8.83. The number of hydrogen-bond donors (Lipinski definition) is 1. The second-order valence-electron chi connectivity index (χ2n) is 6.05. The number of hydrogen-bond acceptors (Lipinski definition) is 1. The van der Waals surface area contributed by atoms with E-state index in [9.17, 15) is 0 Å². The molecular formula is C27H27N. The molecule has 0 amide bonds. The third-order valence-electron chi connectivity index (χ3n) is 4.07. The molecule has 0 radical (unpaired) electrons. The number of nitrogens with one attached hydrogen (secondary N) is 1. The van der Waals surface area contributed by atoms with Gasteiger partial charge in [0, 0.05) is 12.7 Å². The summed E-state index contributed by atoms with van der Waals surface area (Å²) < 4.78 is 0. The van der Waals surface area contributed by atoms with Crippen LogP contribution in [-0.4, -0.2) is 7.05 Å². The molecule has 1 nitrogen and oxygen atoms in total. The van der Waals surface area contributed by atoms with Gasteiger partial charge in [-0.25, -0.2) is 0 Å². The van der Waals surface area contributed by atoms with E-state index in [1.54, 1.807) is 12.2 Å². The van der Waals surface area contributed by atoms with Crippen molar-refractivity contribution in [1.82, 2.24) is 5.32 Å². The maximum absolute atomic E-state index is 3.82. The molecule has 28 heavy (non-hydrogen) atoms. The molecule has 0 bridgehead atoms. The number of likely N-dealkylation sites (N-methyl/N-ethyl adjacent to an activating group) is 1. The first kappa shape index (κ1) is 20.7. The Bertz CT molecular complexity index is 925. The number of fused-ring (bicyclic) bond motifs is 1. The highest BCUT2D eigenvalue weighted by atomic mass is 14.8. The lowest BCUT2D eigenvalue weighted by molar-refractivity contribution is 1.03. The Balaban J connectivity index is 2.30. The second kappa shape index (κ2) is 11.9. The fourth-order valence-corrected chi connectivity index (χ4v) is 2.58. The van der Waals surface area contributed by atoms with E-state index in [4.69, 9.17) is 0 Å². The van der Waals surface area contributed by atoms with Gasteiger partial charge >= 0.3 is 0 Å². The smallest absolute Gasteiger partial charge is 0.0343 e. The van der Waals surface area contributed by atoms with E-state index in [0.717, 1.165) is 16.8 Å². The van der Waals surface area contributed by atoms with Crippen LogP contribution in [0.4, 0.5) is 0 Å². The molecule has 1 aliphatic rings. The van der Waals surface area contributed by atoms with Gasteiger partial charge in [-0.15, -0.1) is 0 Å². The van der Waals surface area contributed by atoms with Gasteiger partial charge in [-0.1, -0.05) is 116 Å². The molecule has 1 aromatic rings. The summed E-state index contributed by atoms with van der Waals surface area (Å²) in [6, 6.07) is 8.35. The Morgan fingerprint density at radius 3 is 2.18 bits per heavy atom. The molecule has 1 aliphatic carbocycles. The molecule has 0 fully saturated rings. The van der Waals surface area contributed by atoms with Crippen molar-refractivity contribution in [2.75, 3.05) is 7.05 Å². The minimum absolute atomic E-state index is 0.998. The highest BCUT2D eigenvalue weighted by Gasteiger charge is 1.94. The van der Waals surface area contributed by atoms with E-state index >= 15 is 0 Å². The molecule has 140 valence electrons. The van der Waals surface area contributed by atoms with Crippen molar-refractivity contribution >= 4 is 12.2 Å². The molecule has 2 rings (SSSR count). The molecule has 1 aromatic carbocycles. The maximum Gasteiger partial charge on any atom is 0.0343 e. The molecule has 0 saturated carbocycles. The minimum atomic E-state index is 0.998. The summed E-state index contributed by atoms with van der Waals surface area (Å²) in [5.74, 6) is 0. The zero-order valence-corrected chi connectivity index (χ0v) is 16.4. The molecule has 0 saturated heterocycles. The quantitative estimate of drug-likeness (QED) is 0.552. The standard InChI is InChI=1S/C27H27N/c1-4-13-23(5-2)20-21-27(28-3)22-24-14-7-6-8-16-25-18-11-12-19-26(25)17-10-9-15-24/h4-22,28H,1-2H2,3H3/b7-6-,8-6?,10-9?,14-7?,15-9-,16-8-,17-10+,21-20-,23-13+,24-14+,24-15?,25-16?,26-17?,27-22+. The van der Waals surface area contributed by atoms with E-state index < -0.39 is 0 Å². The van der Waals surface area contributed by atoms with Gasteiger partial charge in [-0.2, -0.15) is 0 Å². The summed E-state index contributed by atoms with van der Waals surface area (Å²) in [7, 11) is 1.91. The van der Waals surface area contributed by atoms with Crippen LogP contribution in [0.15, 0.2) is 133 Å². The largest absolute Gasteiger partial charge is 0.388 e. The first-order valence-electron chi connectivity index (χ1n) is 9.28. The molecule has 0 aromatic heterocycles. The summed E-state index contributed by atoms with van der Waals surface area (Å²) in [5.41, 5.74) is 5.49. The average molecular weight is 366 g/mol. The van der Waals surface area contributed by atoms with Gasteiger partial charge in [-0.3, -0.25) is 0 Å². The summed E-state index contributed by atoms with van der Waals surface area (Å²) in [5, 5.41) is 3.23. The summed E-state index contributed by atoms with van der Waals surface area (Å²) >= 11 is 0. The fourth-order valence-electron chi connectivity index (χ4n) is 2.58. The van der Waals surface area contributed by atoms with E-state index in [0.29, 0.717) is 0 Å². The Morgan fingerprint density at radius 1 is 0.857 bits per heavy atom. The predicted octanol–water partition coefficient (Wildman–Crippen LogP) is 6.72. The molecule has 0 atom stereocenters. The van der Waals surface area contributed by atoms with Crippen LogP contribution in [0.2, 0.25) is 0 Å². The topological polar surface area (TPSA) is 12.0 Å². The van der Waals surface area contributed by atoms with Crippen molar-refractivity contribution in [2.24, 2.45) is 0 Å². The van der Waals surface area contributed by atoms with E-state index in [-0.39, 0.29) is 0 Å². The second-order valence-corrected chi connectivity index (χ2v) is 6.05. The molecule has 0 heterocycles. The van der Waals surface area contributed by atoms with Crippen LogP contribution in [0.1, 0.15) is 11.1 Å². The van der Waals surface area contributed by atoms with Crippen molar-refractivity contribution in [3.05, 3.63) is 144 Å². The van der Waals surface area contributed by atoms with Gasteiger partial charge in [0.25, 0.3) is 0 Å². The molecular weight excluding hydrogens is 338 g/mol. The Morgan fingerprint density at radius 2 is 1.54 bits per heavy atom. The van der Waals surface area contributed by atoms with Crippen LogP contribution in [-0.2, 0) is 0 Å². The van der Waals surface area contributed by atoms with Crippen molar-refractivity contribution in [1.29, 1.82) is 0 Å². The lowest BCUT2D eigenvalue weighted by Gasteiger charge is -2.03. The van der Waals surface area contributed by atoms with E-state index in [2.05, 4.69) is 91.3 Å². The molecule has 1 heteroatoms. The van der Waals surface area contributed by atoms with Crippen LogP contribution < -0.4 is 5.32 Å². The van der Waals surface area contributed by atoms with Crippen LogP contribution in [0.3, 0.4) is 0 Å². The SMILES string of the molecule is C=C/C=C(C=C)/C=C\C(=C/C1=C/C=C\C=C/c2ccccc2/C=C/C=C\1)NC. The fraction of sp³-hybridized carbons (Fsp3) is 0.0370. The monoisotopic (exact) mass is 365 g/mol. The molecule has 0 spiro atoms. The van der Waals surface area contributed by atoms with Crippen LogP contribution in [0.5, 0.6) is 0 Å². The highest BCUT2D eigenvalue weighted by molar-refractivity contribution is 5.66. The summed E-state index contributed by atoms with van der Waals surface area (Å²) in [4.78, 5) is 0. The maximum atomic E-state index is 3.82. The Labute approximate surface area is 169 Å². The predicted molar refractivity (Wildman–Crippen MR) is 126 cm³/mol. The number of rotatable bonds is 6. The first-order chi connectivity index (χ1) is 13.8. The zero-order chi connectivity index (χ0) is 20.0. The van der Waals surface area contributed by atoms with Gasteiger partial charge in [0.2, 0.25) is 0 Å². The molecule has 0 unspecified atom stereocenters.